The highest BCUT2D eigenvalue weighted by Gasteiger charge is 2.22. The van der Waals surface area contributed by atoms with E-state index in [4.69, 9.17) is 46.4 Å². The van der Waals surface area contributed by atoms with Gasteiger partial charge in [0.25, 0.3) is 0 Å². The maximum Gasteiger partial charge on any atom is 0.196 e. The molecule has 2 aromatic carbocycles. The van der Waals surface area contributed by atoms with Crippen LogP contribution in [0.25, 0.3) is 0 Å². The summed E-state index contributed by atoms with van der Waals surface area (Å²) in [4.78, 5) is 12.6. The van der Waals surface area contributed by atoms with Gasteiger partial charge in [0.2, 0.25) is 0 Å². The zero-order chi connectivity index (χ0) is 15.0. The molecule has 1 nitrogen and oxygen atoms in total. The van der Waals surface area contributed by atoms with Gasteiger partial charge in [-0.15, -0.1) is 0 Å². The summed E-state index contributed by atoms with van der Waals surface area (Å²) in [5.41, 5.74) is 1.47. The predicted octanol–water partition coefficient (Wildman–Crippen LogP) is 6.60. The van der Waals surface area contributed by atoms with Gasteiger partial charge in [0, 0.05) is 10.0 Å². The van der Waals surface area contributed by atoms with Crippen LogP contribution in [0.2, 0.25) is 20.1 Å². The second-order valence-electron chi connectivity index (χ2n) is 4.13. The summed E-state index contributed by atoms with van der Waals surface area (Å²) in [7, 11) is 0. The molecular formula is C14H7BrCl4O. The molecule has 2 rings (SSSR count). The van der Waals surface area contributed by atoms with Gasteiger partial charge in [-0.05, 0) is 30.7 Å². The van der Waals surface area contributed by atoms with E-state index in [1.165, 1.54) is 6.07 Å². The zero-order valence-corrected chi connectivity index (χ0v) is 14.7. The number of aryl methyl sites for hydroxylation is 1. The van der Waals surface area contributed by atoms with Gasteiger partial charge in [-0.3, -0.25) is 4.79 Å². The molecule has 0 unspecified atom stereocenters. The molecule has 0 N–H and O–H groups in total. The van der Waals surface area contributed by atoms with E-state index in [1.807, 2.05) is 19.1 Å². The fourth-order valence-electron chi connectivity index (χ4n) is 1.75. The van der Waals surface area contributed by atoms with Crippen molar-refractivity contribution in [2.45, 2.75) is 6.92 Å². The van der Waals surface area contributed by atoms with E-state index in [0.29, 0.717) is 5.56 Å². The molecule has 0 aliphatic carbocycles. The van der Waals surface area contributed by atoms with Gasteiger partial charge in [-0.25, -0.2) is 0 Å². The van der Waals surface area contributed by atoms with Crippen LogP contribution in [-0.2, 0) is 0 Å². The van der Waals surface area contributed by atoms with Crippen molar-refractivity contribution in [3.8, 4) is 0 Å². The van der Waals surface area contributed by atoms with E-state index in [0.717, 1.165) is 10.0 Å². The Bertz CT molecular complexity index is 713. The Morgan fingerprint density at radius 3 is 2.30 bits per heavy atom. The van der Waals surface area contributed by atoms with Crippen molar-refractivity contribution >= 4 is 68.1 Å². The first-order valence-electron chi connectivity index (χ1n) is 5.46. The quantitative estimate of drug-likeness (QED) is 0.308. The lowest BCUT2D eigenvalue weighted by atomic mass is 9.99. The van der Waals surface area contributed by atoms with Crippen molar-refractivity contribution in [1.29, 1.82) is 0 Å². The van der Waals surface area contributed by atoms with Crippen LogP contribution < -0.4 is 0 Å². The smallest absolute Gasteiger partial charge is 0.196 e. The number of ketones is 1. The molecule has 0 amide bonds. The molecular weight excluding hydrogens is 406 g/mol. The normalized spacial score (nSPS) is 10.7. The Labute approximate surface area is 144 Å². The maximum absolute atomic E-state index is 12.6. The van der Waals surface area contributed by atoms with E-state index in [1.54, 1.807) is 6.07 Å². The fourth-order valence-corrected chi connectivity index (χ4v) is 3.19. The van der Waals surface area contributed by atoms with Crippen LogP contribution in [0.5, 0.6) is 0 Å². The van der Waals surface area contributed by atoms with E-state index >= 15 is 0 Å². The summed E-state index contributed by atoms with van der Waals surface area (Å²) < 4.78 is 0.791. The van der Waals surface area contributed by atoms with Gasteiger partial charge in [0.05, 0.1) is 25.7 Å². The topological polar surface area (TPSA) is 17.1 Å². The van der Waals surface area contributed by atoms with Crippen molar-refractivity contribution < 1.29 is 4.79 Å². The average Bonchev–Trinajstić information content (AvgIpc) is 2.39. The molecule has 0 saturated carbocycles. The standard InChI is InChI=1S/C14H7BrCl4O/c1-6-2-3-7(15)4-8(6)14(20)11-9(16)5-10(17)12(18)13(11)19/h2-5H,1H3. The summed E-state index contributed by atoms with van der Waals surface area (Å²) in [5.74, 6) is -0.294. The van der Waals surface area contributed by atoms with Crippen molar-refractivity contribution in [1.82, 2.24) is 0 Å². The van der Waals surface area contributed by atoms with Crippen LogP contribution in [0.3, 0.4) is 0 Å². The molecule has 20 heavy (non-hydrogen) atoms. The summed E-state index contributed by atoms with van der Waals surface area (Å²) in [6.45, 7) is 1.83. The zero-order valence-electron chi connectivity index (χ0n) is 10.1. The molecule has 6 heteroatoms. The molecule has 2 aromatic rings. The Morgan fingerprint density at radius 2 is 1.65 bits per heavy atom. The van der Waals surface area contributed by atoms with Gasteiger partial charge < -0.3 is 0 Å². The number of carbonyl (C=O) groups is 1. The van der Waals surface area contributed by atoms with Gasteiger partial charge in [-0.1, -0.05) is 68.4 Å². The van der Waals surface area contributed by atoms with Crippen molar-refractivity contribution in [3.05, 3.63) is 65.5 Å². The van der Waals surface area contributed by atoms with Crippen LogP contribution in [0.4, 0.5) is 0 Å². The van der Waals surface area contributed by atoms with Crippen LogP contribution >= 0.6 is 62.3 Å². The molecule has 0 aromatic heterocycles. The van der Waals surface area contributed by atoms with Crippen molar-refractivity contribution in [2.24, 2.45) is 0 Å². The SMILES string of the molecule is Cc1ccc(Br)cc1C(=O)c1c(Cl)cc(Cl)c(Cl)c1Cl. The van der Waals surface area contributed by atoms with Crippen molar-refractivity contribution in [3.63, 3.8) is 0 Å². The Balaban J connectivity index is 2.66. The lowest BCUT2D eigenvalue weighted by molar-refractivity contribution is 0.103. The number of carbonyl (C=O) groups excluding carboxylic acids is 1. The number of rotatable bonds is 2. The molecule has 0 radical (unpaired) electrons. The number of hydrogen-bond acceptors (Lipinski definition) is 1. The molecule has 0 saturated heterocycles. The number of benzene rings is 2. The molecule has 104 valence electrons. The lowest BCUT2D eigenvalue weighted by Crippen LogP contribution is -2.06. The van der Waals surface area contributed by atoms with Crippen molar-refractivity contribution in [2.75, 3.05) is 0 Å². The number of halogens is 5. The van der Waals surface area contributed by atoms with E-state index in [-0.39, 0.29) is 31.4 Å². The minimum Gasteiger partial charge on any atom is -0.288 e. The van der Waals surface area contributed by atoms with Crippen LogP contribution in [0.1, 0.15) is 21.5 Å². The third kappa shape index (κ3) is 3.00. The van der Waals surface area contributed by atoms with Crippen LogP contribution in [0, 0.1) is 6.92 Å². The highest BCUT2D eigenvalue weighted by Crippen LogP contribution is 2.38. The highest BCUT2D eigenvalue weighted by atomic mass is 79.9. The van der Waals surface area contributed by atoms with Gasteiger partial charge in [0.1, 0.15) is 0 Å². The minimum absolute atomic E-state index is 0.0635. The van der Waals surface area contributed by atoms with E-state index in [2.05, 4.69) is 15.9 Å². The van der Waals surface area contributed by atoms with E-state index < -0.39 is 0 Å². The van der Waals surface area contributed by atoms with Crippen LogP contribution in [-0.4, -0.2) is 5.78 Å². The molecule has 0 spiro atoms. The summed E-state index contributed by atoms with van der Waals surface area (Å²) in [6, 6.07) is 6.81. The van der Waals surface area contributed by atoms with Gasteiger partial charge in [-0.2, -0.15) is 0 Å². The number of hydrogen-bond donors (Lipinski definition) is 0. The molecule has 0 aliphatic heterocycles. The van der Waals surface area contributed by atoms with E-state index in [9.17, 15) is 4.79 Å². The third-order valence-electron chi connectivity index (χ3n) is 2.79. The Hall–Kier alpha value is -0.250. The molecule has 0 heterocycles. The minimum atomic E-state index is -0.294. The van der Waals surface area contributed by atoms with Crippen LogP contribution in [0.15, 0.2) is 28.7 Å². The highest BCUT2D eigenvalue weighted by molar-refractivity contribution is 9.10. The second-order valence-corrected chi connectivity index (χ2v) is 6.62. The summed E-state index contributed by atoms with van der Waals surface area (Å²) in [5, 5.41) is 0.570. The molecule has 0 atom stereocenters. The first-order valence-corrected chi connectivity index (χ1v) is 7.77. The molecule has 0 aliphatic rings. The average molecular weight is 413 g/mol. The first-order chi connectivity index (χ1) is 9.32. The Kier molecular flexibility index (Phi) is 5.04. The maximum atomic E-state index is 12.6. The molecule has 0 fully saturated rings. The summed E-state index contributed by atoms with van der Waals surface area (Å²) in [6.07, 6.45) is 0. The largest absolute Gasteiger partial charge is 0.288 e. The third-order valence-corrected chi connectivity index (χ3v) is 4.84. The molecule has 0 bridgehead atoms. The fraction of sp³-hybridized carbons (Fsp3) is 0.0714. The van der Waals surface area contributed by atoms with Gasteiger partial charge >= 0.3 is 0 Å². The first kappa shape index (κ1) is 16.1. The second kappa shape index (κ2) is 6.25. The summed E-state index contributed by atoms with van der Waals surface area (Å²) >= 11 is 27.4. The predicted molar refractivity (Wildman–Crippen MR) is 88.8 cm³/mol. The Morgan fingerprint density at radius 1 is 1.00 bits per heavy atom. The monoisotopic (exact) mass is 410 g/mol. The van der Waals surface area contributed by atoms with Gasteiger partial charge in [0.15, 0.2) is 5.78 Å². The lowest BCUT2D eigenvalue weighted by Gasteiger charge is -2.11.